The predicted molar refractivity (Wildman–Crippen MR) is 28.9 cm³/mol. The summed E-state index contributed by atoms with van der Waals surface area (Å²) in [5.41, 5.74) is 0. The van der Waals surface area contributed by atoms with E-state index in [0.29, 0.717) is 6.54 Å². The molecule has 1 aromatic heterocycles. The summed E-state index contributed by atoms with van der Waals surface area (Å²) < 4.78 is 1.64. The molecule has 8 heavy (non-hydrogen) atoms. The summed E-state index contributed by atoms with van der Waals surface area (Å²) in [5.74, 6) is 0. The largest absolute Gasteiger partial charge is 0.249 e. The number of aromatic nitrogens is 3. The molecule has 1 rings (SSSR count). The van der Waals surface area contributed by atoms with Gasteiger partial charge in [-0.05, 0) is 0 Å². The molecule has 0 bridgehead atoms. The Morgan fingerprint density at radius 3 is 3.12 bits per heavy atom. The van der Waals surface area contributed by atoms with Gasteiger partial charge in [-0.2, -0.15) is 5.10 Å². The molecule has 1 aromatic rings. The van der Waals surface area contributed by atoms with Gasteiger partial charge in [-0.15, -0.1) is 0 Å². The highest BCUT2D eigenvalue weighted by atomic mass is 15.3. The lowest BCUT2D eigenvalue weighted by atomic mass is 10.6. The maximum Gasteiger partial charge on any atom is 0.137 e. The smallest absolute Gasteiger partial charge is 0.137 e. The van der Waals surface area contributed by atoms with Crippen LogP contribution in [0.15, 0.2) is 18.7 Å². The summed E-state index contributed by atoms with van der Waals surface area (Å²) in [6.07, 6.45) is 4.61. The normalized spacial score (nSPS) is 9.00. The van der Waals surface area contributed by atoms with Crippen molar-refractivity contribution >= 4 is 0 Å². The fourth-order valence-electron chi connectivity index (χ4n) is 0.435. The van der Waals surface area contributed by atoms with Crippen LogP contribution in [0.25, 0.3) is 0 Å². The summed E-state index contributed by atoms with van der Waals surface area (Å²) in [5, 5.41) is 3.80. The Hall–Kier alpha value is -1.12. The van der Waals surface area contributed by atoms with Gasteiger partial charge in [-0.1, -0.05) is 12.7 Å². The minimum absolute atomic E-state index is 0.625. The van der Waals surface area contributed by atoms with E-state index >= 15 is 0 Å². The van der Waals surface area contributed by atoms with Crippen molar-refractivity contribution < 1.29 is 0 Å². The molecule has 0 N–H and O–H groups in total. The van der Waals surface area contributed by atoms with Gasteiger partial charge in [0.15, 0.2) is 0 Å². The van der Waals surface area contributed by atoms with E-state index in [0.717, 1.165) is 0 Å². The molecule has 1 heterocycles. The first kappa shape index (κ1) is 5.03. The van der Waals surface area contributed by atoms with Crippen LogP contribution in [0.4, 0.5) is 0 Å². The molecule has 0 spiro atoms. The lowest BCUT2D eigenvalue weighted by Crippen LogP contribution is -1.93. The van der Waals surface area contributed by atoms with E-state index in [9.17, 15) is 0 Å². The van der Waals surface area contributed by atoms with E-state index in [1.807, 2.05) is 0 Å². The van der Waals surface area contributed by atoms with Gasteiger partial charge in [-0.3, -0.25) is 0 Å². The molecule has 41 valence electrons. The third-order valence-corrected chi connectivity index (χ3v) is 0.759. The molecule has 3 heteroatoms. The minimum Gasteiger partial charge on any atom is -0.249 e. The second-order valence-electron chi connectivity index (χ2n) is 1.35. The number of allylic oxidation sites excluding steroid dienone is 1. The van der Waals surface area contributed by atoms with Crippen LogP contribution in [0.2, 0.25) is 0 Å². The lowest BCUT2D eigenvalue weighted by molar-refractivity contribution is 0.700. The molecule has 0 saturated heterocycles. The van der Waals surface area contributed by atoms with Gasteiger partial charge in [-0.25, -0.2) is 9.67 Å². The van der Waals surface area contributed by atoms with Crippen LogP contribution in [0.1, 0.15) is 0 Å². The Kier molecular flexibility index (Phi) is 1.42. The molecule has 0 saturated carbocycles. The third-order valence-electron chi connectivity index (χ3n) is 0.759. The van der Waals surface area contributed by atoms with E-state index in [-0.39, 0.29) is 0 Å². The molecular formula is C5H6N3. The predicted octanol–water partition coefficient (Wildman–Crippen LogP) is 0.267. The second kappa shape index (κ2) is 2.26. The Balaban J connectivity index is 2.62. The topological polar surface area (TPSA) is 30.7 Å². The molecule has 0 unspecified atom stereocenters. The van der Waals surface area contributed by atoms with Crippen LogP contribution in [0.3, 0.4) is 0 Å². The Morgan fingerprint density at radius 1 is 1.75 bits per heavy atom. The van der Waals surface area contributed by atoms with E-state index < -0.39 is 0 Å². The van der Waals surface area contributed by atoms with Crippen molar-refractivity contribution in [3.8, 4) is 0 Å². The minimum atomic E-state index is 0.625. The van der Waals surface area contributed by atoms with Crippen molar-refractivity contribution in [1.29, 1.82) is 0 Å². The van der Waals surface area contributed by atoms with Crippen molar-refractivity contribution in [3.05, 3.63) is 25.3 Å². The zero-order valence-corrected chi connectivity index (χ0v) is 4.36. The highest BCUT2D eigenvalue weighted by Gasteiger charge is 1.80. The molecule has 0 aliphatic heterocycles. The van der Waals surface area contributed by atoms with Crippen molar-refractivity contribution in [3.63, 3.8) is 0 Å². The standard InChI is InChI=1S/C5H6N3/c1-2-3-8-5-6-4-7-8/h1-2,4-5H,3H2. The average Bonchev–Trinajstić information content (AvgIpc) is 2.19. The van der Waals surface area contributed by atoms with Crippen LogP contribution in [-0.2, 0) is 6.54 Å². The van der Waals surface area contributed by atoms with Gasteiger partial charge in [0.1, 0.15) is 12.7 Å². The van der Waals surface area contributed by atoms with Gasteiger partial charge < -0.3 is 0 Å². The first-order valence-electron chi connectivity index (χ1n) is 2.29. The molecule has 0 amide bonds. The van der Waals surface area contributed by atoms with Crippen LogP contribution in [-0.4, -0.2) is 14.8 Å². The summed E-state index contributed by atoms with van der Waals surface area (Å²) in [7, 11) is 0. The maximum atomic E-state index is 5.11. The maximum absolute atomic E-state index is 5.11. The lowest BCUT2D eigenvalue weighted by Gasteiger charge is -1.87. The van der Waals surface area contributed by atoms with Crippen molar-refractivity contribution in [2.75, 3.05) is 0 Å². The van der Waals surface area contributed by atoms with Gasteiger partial charge >= 0.3 is 0 Å². The van der Waals surface area contributed by atoms with Crippen LogP contribution < -0.4 is 0 Å². The summed E-state index contributed by atoms with van der Waals surface area (Å²) in [6, 6.07) is 0. The van der Waals surface area contributed by atoms with Crippen molar-refractivity contribution in [2.45, 2.75) is 6.54 Å². The molecule has 0 atom stereocenters. The van der Waals surface area contributed by atoms with Crippen molar-refractivity contribution in [1.82, 2.24) is 14.8 Å². The molecule has 1 radical (unpaired) electrons. The Labute approximate surface area is 47.7 Å². The van der Waals surface area contributed by atoms with Gasteiger partial charge in [0.2, 0.25) is 0 Å². The average molecular weight is 108 g/mol. The number of rotatable bonds is 2. The fraction of sp³-hybridized carbons (Fsp3) is 0.200. The van der Waals surface area contributed by atoms with Crippen LogP contribution >= 0.6 is 0 Å². The van der Waals surface area contributed by atoms with Crippen LogP contribution in [0, 0.1) is 6.58 Å². The summed E-state index contributed by atoms with van der Waals surface area (Å²) in [6.45, 7) is 5.73. The highest BCUT2D eigenvalue weighted by molar-refractivity contribution is 4.65. The Morgan fingerprint density at radius 2 is 2.62 bits per heavy atom. The summed E-state index contributed by atoms with van der Waals surface area (Å²) in [4.78, 5) is 3.72. The number of nitrogens with zero attached hydrogens (tertiary/aromatic N) is 3. The SMILES string of the molecule is [CH]=CCn1cncn1. The second-order valence-corrected chi connectivity index (χ2v) is 1.35. The molecule has 0 fully saturated rings. The first-order valence-corrected chi connectivity index (χ1v) is 2.29. The van der Waals surface area contributed by atoms with Gasteiger partial charge in [0, 0.05) is 0 Å². The molecule has 3 nitrogen and oxygen atoms in total. The molecule has 0 aromatic carbocycles. The van der Waals surface area contributed by atoms with E-state index in [2.05, 4.69) is 10.1 Å². The number of hydrogen-bond donors (Lipinski definition) is 0. The zero-order chi connectivity index (χ0) is 5.82. The quantitative estimate of drug-likeness (QED) is 0.544. The van der Waals surface area contributed by atoms with E-state index in [4.69, 9.17) is 6.58 Å². The highest BCUT2D eigenvalue weighted by Crippen LogP contribution is 1.77. The van der Waals surface area contributed by atoms with Crippen LogP contribution in [0.5, 0.6) is 0 Å². The monoisotopic (exact) mass is 108 g/mol. The fourth-order valence-corrected chi connectivity index (χ4v) is 0.435. The first-order chi connectivity index (χ1) is 3.93. The van der Waals surface area contributed by atoms with E-state index in [1.165, 1.54) is 12.4 Å². The summed E-state index contributed by atoms with van der Waals surface area (Å²) >= 11 is 0. The number of hydrogen-bond acceptors (Lipinski definition) is 2. The molecule has 0 aliphatic carbocycles. The van der Waals surface area contributed by atoms with E-state index in [1.54, 1.807) is 11.0 Å². The molecular weight excluding hydrogens is 102 g/mol. The third kappa shape index (κ3) is 0.932. The molecule has 0 aliphatic rings. The Bertz CT molecular complexity index is 154. The zero-order valence-electron chi connectivity index (χ0n) is 4.36. The van der Waals surface area contributed by atoms with Crippen molar-refractivity contribution in [2.24, 2.45) is 0 Å². The van der Waals surface area contributed by atoms with Gasteiger partial charge in [0.05, 0.1) is 6.54 Å². The van der Waals surface area contributed by atoms with Gasteiger partial charge in [0.25, 0.3) is 0 Å².